The highest BCUT2D eigenvalue weighted by Crippen LogP contribution is 2.35. The van der Waals surface area contributed by atoms with Gasteiger partial charge in [-0.25, -0.2) is 4.39 Å². The van der Waals surface area contributed by atoms with Crippen molar-refractivity contribution in [3.8, 4) is 0 Å². The smallest absolute Gasteiger partial charge is 0.255 e. The predicted molar refractivity (Wildman–Crippen MR) is 98.5 cm³/mol. The summed E-state index contributed by atoms with van der Waals surface area (Å²) in [6.45, 7) is 3.75. The van der Waals surface area contributed by atoms with Crippen LogP contribution in [-0.4, -0.2) is 26.1 Å². The Kier molecular flexibility index (Phi) is 4.15. The number of nitrogens with one attached hydrogen (secondary N) is 2. The van der Waals surface area contributed by atoms with Gasteiger partial charge in [0.15, 0.2) is 0 Å². The summed E-state index contributed by atoms with van der Waals surface area (Å²) in [5.74, 6) is -0.301. The molecule has 0 bridgehead atoms. The van der Waals surface area contributed by atoms with E-state index in [2.05, 4.69) is 26.2 Å². The van der Waals surface area contributed by atoms with Crippen LogP contribution in [-0.2, 0) is 4.79 Å². The van der Waals surface area contributed by atoms with Gasteiger partial charge in [-0.2, -0.15) is 4.68 Å². The summed E-state index contributed by atoms with van der Waals surface area (Å²) in [6, 6.07) is 12.9. The van der Waals surface area contributed by atoms with Gasteiger partial charge in [0.2, 0.25) is 5.95 Å². The third-order valence-corrected chi connectivity index (χ3v) is 4.43. The second-order valence-electron chi connectivity index (χ2n) is 6.39. The first-order chi connectivity index (χ1) is 13.0. The molecule has 1 atom stereocenters. The summed E-state index contributed by atoms with van der Waals surface area (Å²) in [4.78, 5) is 13.1. The Bertz CT molecular complexity index is 1040. The van der Waals surface area contributed by atoms with Crippen molar-refractivity contribution in [3.05, 3.63) is 76.7 Å². The lowest BCUT2D eigenvalue weighted by atomic mass is 9.95. The molecule has 0 fully saturated rings. The number of aryl methyl sites for hydroxylation is 1. The molecular formula is C19H17FN6O. The molecule has 7 nitrogen and oxygen atoms in total. The molecule has 0 aliphatic carbocycles. The third kappa shape index (κ3) is 3.17. The average molecular weight is 364 g/mol. The highest BCUT2D eigenvalue weighted by atomic mass is 19.1. The highest BCUT2D eigenvalue weighted by Gasteiger charge is 2.34. The minimum atomic E-state index is -0.641. The van der Waals surface area contributed by atoms with Crippen LogP contribution in [0.2, 0.25) is 0 Å². The Labute approximate surface area is 154 Å². The van der Waals surface area contributed by atoms with E-state index in [0.717, 1.165) is 5.56 Å². The fourth-order valence-electron chi connectivity index (χ4n) is 3.13. The van der Waals surface area contributed by atoms with Gasteiger partial charge in [0, 0.05) is 11.4 Å². The van der Waals surface area contributed by atoms with Crippen molar-refractivity contribution < 1.29 is 9.18 Å². The normalized spacial score (nSPS) is 15.9. The maximum atomic E-state index is 13.8. The molecule has 136 valence electrons. The molecule has 3 aromatic rings. The Morgan fingerprint density at radius 2 is 1.96 bits per heavy atom. The number of hydrogen-bond acceptors (Lipinski definition) is 5. The van der Waals surface area contributed by atoms with Crippen LogP contribution in [0.15, 0.2) is 59.8 Å². The Hall–Kier alpha value is -3.55. The van der Waals surface area contributed by atoms with Crippen LogP contribution in [0.5, 0.6) is 0 Å². The summed E-state index contributed by atoms with van der Waals surface area (Å²) in [6.07, 6.45) is 0. The Morgan fingerprint density at radius 3 is 2.70 bits per heavy atom. The highest BCUT2D eigenvalue weighted by molar-refractivity contribution is 6.06. The molecule has 0 spiro atoms. The molecule has 27 heavy (non-hydrogen) atoms. The van der Waals surface area contributed by atoms with E-state index in [1.165, 1.54) is 16.8 Å². The minimum Gasteiger partial charge on any atom is -0.326 e. The molecule has 1 aliphatic rings. The minimum absolute atomic E-state index is 0.306. The van der Waals surface area contributed by atoms with Crippen LogP contribution in [0, 0.1) is 12.7 Å². The van der Waals surface area contributed by atoms with Gasteiger partial charge in [-0.3, -0.25) is 4.79 Å². The lowest BCUT2D eigenvalue weighted by Gasteiger charge is -2.28. The fraction of sp³-hybridized carbons (Fsp3) is 0.158. The molecule has 1 aliphatic heterocycles. The van der Waals surface area contributed by atoms with Gasteiger partial charge >= 0.3 is 0 Å². The molecule has 8 heteroatoms. The van der Waals surface area contributed by atoms with Crippen molar-refractivity contribution in [2.24, 2.45) is 0 Å². The predicted octanol–water partition coefficient (Wildman–Crippen LogP) is 3.05. The fourth-order valence-corrected chi connectivity index (χ4v) is 3.13. The zero-order valence-electron chi connectivity index (χ0n) is 14.8. The molecule has 1 amide bonds. The maximum absolute atomic E-state index is 13.8. The summed E-state index contributed by atoms with van der Waals surface area (Å²) in [5.41, 5.74) is 3.38. The van der Waals surface area contributed by atoms with E-state index in [0.29, 0.717) is 28.5 Å². The van der Waals surface area contributed by atoms with Crippen LogP contribution in [0.1, 0.15) is 24.1 Å². The van der Waals surface area contributed by atoms with Crippen molar-refractivity contribution in [3.63, 3.8) is 0 Å². The number of allylic oxidation sites excluding steroid dienone is 1. The van der Waals surface area contributed by atoms with Crippen LogP contribution < -0.4 is 10.6 Å². The van der Waals surface area contributed by atoms with Crippen LogP contribution in [0.25, 0.3) is 0 Å². The first kappa shape index (κ1) is 16.9. The van der Waals surface area contributed by atoms with E-state index >= 15 is 0 Å². The standard InChI is InChI=1S/C19H17FN6O/c1-11-6-8-15(9-7-11)22-18(27)16-12(2)21-19-23-24-25-26(19)17(16)13-4-3-5-14(20)10-13/h3-10,17H,1-2H3,(H,22,27)(H,21,23,25). The SMILES string of the molecule is CC1=C(C(=O)Nc2ccc(C)cc2)C(c2cccc(F)c2)n2nnnc2N1. The van der Waals surface area contributed by atoms with E-state index in [9.17, 15) is 9.18 Å². The first-order valence-electron chi connectivity index (χ1n) is 8.42. The number of tetrazole rings is 1. The number of carbonyl (C=O) groups excluding carboxylic acids is 1. The van der Waals surface area contributed by atoms with Crippen LogP contribution in [0.3, 0.4) is 0 Å². The van der Waals surface area contributed by atoms with Crippen LogP contribution >= 0.6 is 0 Å². The van der Waals surface area contributed by atoms with Crippen molar-refractivity contribution >= 4 is 17.5 Å². The van der Waals surface area contributed by atoms with Gasteiger partial charge in [0.05, 0.1) is 5.57 Å². The van der Waals surface area contributed by atoms with E-state index in [1.807, 2.05) is 31.2 Å². The van der Waals surface area contributed by atoms with Gasteiger partial charge in [-0.1, -0.05) is 34.9 Å². The molecule has 1 aromatic heterocycles. The lowest BCUT2D eigenvalue weighted by molar-refractivity contribution is -0.113. The van der Waals surface area contributed by atoms with Crippen molar-refractivity contribution in [2.45, 2.75) is 19.9 Å². The number of carbonyl (C=O) groups is 1. The second kappa shape index (κ2) is 6.64. The molecule has 2 aromatic carbocycles. The van der Waals surface area contributed by atoms with E-state index in [1.54, 1.807) is 19.1 Å². The summed E-state index contributed by atoms with van der Waals surface area (Å²) in [7, 11) is 0. The zero-order valence-corrected chi connectivity index (χ0v) is 14.8. The summed E-state index contributed by atoms with van der Waals surface area (Å²) < 4.78 is 15.3. The number of halogens is 1. The van der Waals surface area contributed by atoms with Crippen LogP contribution in [0.4, 0.5) is 16.0 Å². The number of amides is 1. The number of aromatic nitrogens is 4. The molecule has 1 unspecified atom stereocenters. The molecule has 4 rings (SSSR count). The van der Waals surface area contributed by atoms with Crippen molar-refractivity contribution in [1.82, 2.24) is 20.2 Å². The largest absolute Gasteiger partial charge is 0.326 e. The number of fused-ring (bicyclic) bond motifs is 1. The maximum Gasteiger partial charge on any atom is 0.255 e. The topological polar surface area (TPSA) is 84.7 Å². The van der Waals surface area contributed by atoms with E-state index in [4.69, 9.17) is 0 Å². The second-order valence-corrected chi connectivity index (χ2v) is 6.39. The van der Waals surface area contributed by atoms with Gasteiger partial charge in [0.25, 0.3) is 5.91 Å². The number of benzene rings is 2. The van der Waals surface area contributed by atoms with Crippen molar-refractivity contribution in [2.75, 3.05) is 10.6 Å². The Balaban J connectivity index is 1.76. The first-order valence-corrected chi connectivity index (χ1v) is 8.42. The van der Waals surface area contributed by atoms with Gasteiger partial charge in [-0.15, -0.1) is 0 Å². The number of nitrogens with zero attached hydrogens (tertiary/aromatic N) is 4. The molecule has 2 heterocycles. The quantitative estimate of drug-likeness (QED) is 0.746. The monoisotopic (exact) mass is 364 g/mol. The van der Waals surface area contributed by atoms with Crippen molar-refractivity contribution in [1.29, 1.82) is 0 Å². The summed E-state index contributed by atoms with van der Waals surface area (Å²) >= 11 is 0. The van der Waals surface area contributed by atoms with E-state index in [-0.39, 0.29) is 5.91 Å². The molecule has 0 saturated heterocycles. The van der Waals surface area contributed by atoms with E-state index < -0.39 is 11.9 Å². The number of anilines is 2. The van der Waals surface area contributed by atoms with Gasteiger partial charge in [-0.05, 0) is 54.1 Å². The lowest BCUT2D eigenvalue weighted by Crippen LogP contribution is -2.31. The number of rotatable bonds is 3. The summed E-state index contributed by atoms with van der Waals surface area (Å²) in [5, 5.41) is 17.5. The third-order valence-electron chi connectivity index (χ3n) is 4.43. The Morgan fingerprint density at radius 1 is 1.19 bits per heavy atom. The average Bonchev–Trinajstić information content (AvgIpc) is 3.10. The van der Waals surface area contributed by atoms with Gasteiger partial charge < -0.3 is 10.6 Å². The molecular weight excluding hydrogens is 347 g/mol. The molecule has 2 N–H and O–H groups in total. The molecule has 0 saturated carbocycles. The number of hydrogen-bond donors (Lipinski definition) is 2. The van der Waals surface area contributed by atoms with Gasteiger partial charge in [0.1, 0.15) is 11.9 Å². The zero-order chi connectivity index (χ0) is 19.0. The molecule has 0 radical (unpaired) electrons.